The summed E-state index contributed by atoms with van der Waals surface area (Å²) < 4.78 is 0. The van der Waals surface area contributed by atoms with Gasteiger partial charge in [0.15, 0.2) is 5.78 Å². The molecule has 32 heavy (non-hydrogen) atoms. The minimum Gasteiger partial charge on any atom is -0.384 e. The van der Waals surface area contributed by atoms with E-state index in [9.17, 15) is 4.79 Å². The quantitative estimate of drug-likeness (QED) is 0.536. The van der Waals surface area contributed by atoms with E-state index in [1.165, 1.54) is 13.1 Å². The second-order valence-corrected chi connectivity index (χ2v) is 8.67. The molecule has 4 heteroatoms. The van der Waals surface area contributed by atoms with E-state index in [4.69, 9.17) is 0 Å². The highest BCUT2D eigenvalue weighted by atomic mass is 16.1. The Kier molecular flexibility index (Phi) is 9.51. The van der Waals surface area contributed by atoms with Crippen LogP contribution in [0, 0.1) is 0 Å². The average Bonchev–Trinajstić information content (AvgIpc) is 3.01. The van der Waals surface area contributed by atoms with Crippen LogP contribution >= 0.6 is 0 Å². The highest BCUT2D eigenvalue weighted by Crippen LogP contribution is 2.26. The van der Waals surface area contributed by atoms with Gasteiger partial charge in [0.25, 0.3) is 0 Å². The Hall–Kier alpha value is -2.43. The molecule has 3 rings (SSSR count). The molecule has 1 aromatic rings. The first kappa shape index (κ1) is 24.2. The van der Waals surface area contributed by atoms with E-state index in [0.717, 1.165) is 73.5 Å². The molecule has 1 saturated heterocycles. The van der Waals surface area contributed by atoms with Gasteiger partial charge in [-0.05, 0) is 49.6 Å². The molecule has 172 valence electrons. The molecule has 1 aromatic carbocycles. The molecular weight excluding hydrogens is 394 g/mol. The highest BCUT2D eigenvalue weighted by molar-refractivity contribution is 6.29. The fourth-order valence-corrected chi connectivity index (χ4v) is 4.31. The van der Waals surface area contributed by atoms with Crippen LogP contribution in [0.1, 0.15) is 45.6 Å². The molecule has 0 bridgehead atoms. The topological polar surface area (TPSA) is 35.6 Å². The molecule has 0 amide bonds. The number of benzene rings is 1. The number of Topliss-reactive ketones (excluding diaryl/α,β-unsaturated/α-hetero) is 1. The summed E-state index contributed by atoms with van der Waals surface area (Å²) in [5.74, 6) is 0.151. The van der Waals surface area contributed by atoms with E-state index in [2.05, 4.69) is 60.2 Å². The van der Waals surface area contributed by atoms with E-state index in [-0.39, 0.29) is 5.78 Å². The van der Waals surface area contributed by atoms with Crippen LogP contribution < -0.4 is 5.32 Å². The molecule has 0 spiro atoms. The van der Waals surface area contributed by atoms with Crippen LogP contribution in [0.4, 0.5) is 0 Å². The van der Waals surface area contributed by atoms with Gasteiger partial charge in [-0.15, -0.1) is 0 Å². The number of hydrogen-bond acceptors (Lipinski definition) is 4. The number of likely N-dealkylation sites (N-methyl/N-ethyl adjacent to an activating group) is 1. The van der Waals surface area contributed by atoms with Crippen molar-refractivity contribution in [2.75, 3.05) is 45.8 Å². The van der Waals surface area contributed by atoms with Gasteiger partial charge in [0.1, 0.15) is 0 Å². The Balaban J connectivity index is 1.65. The van der Waals surface area contributed by atoms with Gasteiger partial charge < -0.3 is 10.2 Å². The molecule has 1 heterocycles. The molecule has 4 nitrogen and oxygen atoms in total. The maximum Gasteiger partial charge on any atom is 0.189 e. The van der Waals surface area contributed by atoms with Gasteiger partial charge >= 0.3 is 0 Å². The van der Waals surface area contributed by atoms with E-state index in [1.807, 2.05) is 30.3 Å². The minimum absolute atomic E-state index is 0.151. The van der Waals surface area contributed by atoms with Crippen LogP contribution in [0.3, 0.4) is 0 Å². The Labute approximate surface area is 194 Å². The normalized spacial score (nSPS) is 18.5. The summed E-state index contributed by atoms with van der Waals surface area (Å²) >= 11 is 0. The summed E-state index contributed by atoms with van der Waals surface area (Å²) in [5.41, 5.74) is 4.87. The summed E-state index contributed by atoms with van der Waals surface area (Å²) in [4.78, 5) is 18.6. The Morgan fingerprint density at radius 3 is 2.47 bits per heavy atom. The zero-order valence-electron chi connectivity index (χ0n) is 20.1. The van der Waals surface area contributed by atoms with Gasteiger partial charge in [-0.25, -0.2) is 0 Å². The van der Waals surface area contributed by atoms with Crippen molar-refractivity contribution in [3.05, 3.63) is 77.0 Å². The summed E-state index contributed by atoms with van der Waals surface area (Å²) in [6.45, 7) is 14.2. The van der Waals surface area contributed by atoms with Crippen molar-refractivity contribution in [2.24, 2.45) is 0 Å². The molecule has 2 aliphatic rings. The standard InChI is InChI=1S/C28H39N3O/c1-4-6-14-27(24-11-8-7-9-12-24)28(32)26-15-10-13-25(22-23(26)3)29-16-17-31-20-18-30(5-2)19-21-31/h7-14,22,29H,4-6,15-21H2,1-3H3/b27-14-. The van der Waals surface area contributed by atoms with Crippen molar-refractivity contribution in [1.82, 2.24) is 15.1 Å². The molecule has 0 unspecified atom stereocenters. The molecule has 0 radical (unpaired) electrons. The molecule has 1 aliphatic carbocycles. The van der Waals surface area contributed by atoms with E-state index in [1.54, 1.807) is 0 Å². The fraction of sp³-hybridized carbons (Fsp3) is 0.464. The zero-order valence-corrected chi connectivity index (χ0v) is 20.1. The Morgan fingerprint density at radius 1 is 1.06 bits per heavy atom. The van der Waals surface area contributed by atoms with Crippen molar-refractivity contribution in [1.29, 1.82) is 0 Å². The first-order chi connectivity index (χ1) is 15.6. The summed E-state index contributed by atoms with van der Waals surface area (Å²) in [7, 11) is 0. The molecule has 0 atom stereocenters. The van der Waals surface area contributed by atoms with Crippen molar-refractivity contribution >= 4 is 11.4 Å². The third-order valence-electron chi connectivity index (χ3n) is 6.38. The van der Waals surface area contributed by atoms with Crippen LogP contribution in [0.15, 0.2) is 71.5 Å². The molecule has 0 saturated carbocycles. The number of ketones is 1. The largest absolute Gasteiger partial charge is 0.384 e. The SMILES string of the molecule is CCC/C=C(\C(=O)C1=C(C)C=C(NCCN2CCN(CC)CC2)C=CC1)c1ccccc1. The number of nitrogens with zero attached hydrogens (tertiary/aromatic N) is 2. The van der Waals surface area contributed by atoms with Crippen LogP contribution in [0.2, 0.25) is 0 Å². The lowest BCUT2D eigenvalue weighted by atomic mass is 9.91. The monoisotopic (exact) mass is 433 g/mol. The minimum atomic E-state index is 0.151. The van der Waals surface area contributed by atoms with E-state index < -0.39 is 0 Å². The lowest BCUT2D eigenvalue weighted by molar-refractivity contribution is -0.110. The number of allylic oxidation sites excluding steroid dienone is 7. The van der Waals surface area contributed by atoms with Gasteiger partial charge in [-0.3, -0.25) is 9.69 Å². The Morgan fingerprint density at radius 2 is 1.78 bits per heavy atom. The highest BCUT2D eigenvalue weighted by Gasteiger charge is 2.19. The van der Waals surface area contributed by atoms with Crippen molar-refractivity contribution in [3.8, 4) is 0 Å². The van der Waals surface area contributed by atoms with E-state index >= 15 is 0 Å². The first-order valence-electron chi connectivity index (χ1n) is 12.2. The number of rotatable bonds is 10. The number of nitrogens with one attached hydrogen (secondary N) is 1. The number of carbonyl (C=O) groups excluding carboxylic acids is 1. The number of hydrogen-bond donors (Lipinski definition) is 1. The summed E-state index contributed by atoms with van der Waals surface area (Å²) in [6.07, 6.45) is 11.1. The van der Waals surface area contributed by atoms with Crippen LogP contribution in [0.25, 0.3) is 5.57 Å². The maximum absolute atomic E-state index is 13.5. The van der Waals surface area contributed by atoms with Crippen LogP contribution in [0.5, 0.6) is 0 Å². The number of unbranched alkanes of at least 4 members (excludes halogenated alkanes) is 1. The molecule has 1 aliphatic heterocycles. The van der Waals surface area contributed by atoms with Gasteiger partial charge in [0, 0.05) is 56.1 Å². The van der Waals surface area contributed by atoms with Crippen molar-refractivity contribution < 1.29 is 4.79 Å². The summed E-state index contributed by atoms with van der Waals surface area (Å²) in [5, 5.41) is 3.58. The fourth-order valence-electron chi connectivity index (χ4n) is 4.31. The van der Waals surface area contributed by atoms with E-state index in [0.29, 0.717) is 6.42 Å². The molecular formula is C28H39N3O. The Bertz CT molecular complexity index is 871. The third-order valence-corrected chi connectivity index (χ3v) is 6.38. The average molecular weight is 434 g/mol. The van der Waals surface area contributed by atoms with Crippen LogP contribution in [-0.2, 0) is 4.79 Å². The number of piperazine rings is 1. The van der Waals surface area contributed by atoms with Crippen LogP contribution in [-0.4, -0.2) is 61.4 Å². The second kappa shape index (κ2) is 12.6. The lowest BCUT2D eigenvalue weighted by Crippen LogP contribution is -2.47. The van der Waals surface area contributed by atoms with Gasteiger partial charge in [-0.1, -0.05) is 62.8 Å². The summed E-state index contributed by atoms with van der Waals surface area (Å²) in [6, 6.07) is 10.1. The first-order valence-corrected chi connectivity index (χ1v) is 12.2. The third kappa shape index (κ3) is 6.78. The van der Waals surface area contributed by atoms with Gasteiger partial charge in [-0.2, -0.15) is 0 Å². The number of carbonyl (C=O) groups is 1. The van der Waals surface area contributed by atoms with Crippen molar-refractivity contribution in [3.63, 3.8) is 0 Å². The van der Waals surface area contributed by atoms with Gasteiger partial charge in [0.2, 0.25) is 0 Å². The predicted molar refractivity (Wildman–Crippen MR) is 135 cm³/mol. The smallest absolute Gasteiger partial charge is 0.189 e. The predicted octanol–water partition coefficient (Wildman–Crippen LogP) is 4.83. The zero-order chi connectivity index (χ0) is 22.8. The second-order valence-electron chi connectivity index (χ2n) is 8.67. The maximum atomic E-state index is 13.5. The lowest BCUT2D eigenvalue weighted by Gasteiger charge is -2.34. The molecule has 1 N–H and O–H groups in total. The van der Waals surface area contributed by atoms with Gasteiger partial charge in [0.05, 0.1) is 0 Å². The molecule has 0 aromatic heterocycles. The van der Waals surface area contributed by atoms with Crippen molar-refractivity contribution in [2.45, 2.75) is 40.0 Å². The molecule has 1 fully saturated rings.